The first kappa shape index (κ1) is 40.7. The zero-order chi connectivity index (χ0) is 46.0. The fraction of sp³-hybridized carbons (Fsp3) is 0.0625. The van der Waals surface area contributed by atoms with E-state index in [1.54, 1.807) is 0 Å². The van der Waals surface area contributed by atoms with Crippen molar-refractivity contribution in [3.63, 3.8) is 0 Å². The van der Waals surface area contributed by atoms with Crippen LogP contribution in [0.15, 0.2) is 207 Å². The average molecular weight is 871 g/mol. The summed E-state index contributed by atoms with van der Waals surface area (Å²) in [6.07, 6.45) is 4.00. The van der Waals surface area contributed by atoms with Gasteiger partial charge in [0.1, 0.15) is 0 Å². The van der Waals surface area contributed by atoms with Gasteiger partial charge in [-0.15, -0.1) is 0 Å². The first-order valence-electron chi connectivity index (χ1n) is 23.2. The van der Waals surface area contributed by atoms with Gasteiger partial charge in [0.25, 0.3) is 0 Å². The van der Waals surface area contributed by atoms with Gasteiger partial charge in [-0.3, -0.25) is 4.98 Å². The lowest BCUT2D eigenvalue weighted by atomic mass is 9.97. The second-order valence-corrected chi connectivity index (χ2v) is 18.1. The summed E-state index contributed by atoms with van der Waals surface area (Å²) in [7, 11) is 0. The van der Waals surface area contributed by atoms with E-state index in [2.05, 4.69) is 219 Å². The first-order chi connectivity index (χ1) is 33.3. The van der Waals surface area contributed by atoms with Crippen molar-refractivity contribution < 1.29 is 0 Å². The van der Waals surface area contributed by atoms with Gasteiger partial charge in [0, 0.05) is 27.1 Å². The highest BCUT2D eigenvalue weighted by Crippen LogP contribution is 2.45. The molecule has 0 fully saturated rings. The fourth-order valence-corrected chi connectivity index (χ4v) is 10.6. The molecule has 0 spiro atoms. The van der Waals surface area contributed by atoms with E-state index in [0.717, 1.165) is 66.1 Å². The molecule has 0 atom stereocenters. The van der Waals surface area contributed by atoms with Crippen molar-refractivity contribution in [3.8, 4) is 73.1 Å². The van der Waals surface area contributed by atoms with E-state index in [-0.39, 0.29) is 0 Å². The van der Waals surface area contributed by atoms with E-state index in [1.165, 1.54) is 66.8 Å². The van der Waals surface area contributed by atoms with E-state index in [4.69, 9.17) is 4.98 Å². The first-order valence-corrected chi connectivity index (χ1v) is 23.2. The Balaban J connectivity index is 1.18. The molecule has 9 aromatic carbocycles. The van der Waals surface area contributed by atoms with E-state index in [9.17, 15) is 5.26 Å². The maximum atomic E-state index is 10.4. The van der Waals surface area contributed by atoms with Crippen molar-refractivity contribution in [1.82, 2.24) is 14.1 Å². The molecule has 0 saturated heterocycles. The lowest BCUT2D eigenvalue weighted by Crippen LogP contribution is -2.05. The molecule has 0 aliphatic rings. The monoisotopic (exact) mass is 870 g/mol. The molecule has 0 amide bonds. The molecular formula is C64H46N4. The van der Waals surface area contributed by atoms with Crippen LogP contribution < -0.4 is 0 Å². The normalized spacial score (nSPS) is 11.5. The second-order valence-electron chi connectivity index (χ2n) is 18.1. The molecule has 4 heteroatoms. The molecule has 322 valence electrons. The van der Waals surface area contributed by atoms with Crippen molar-refractivity contribution in [1.29, 1.82) is 5.26 Å². The SMILES string of the molecule is Cc1ccccc1-c1ccc2c(c1)c1cc(-c3ccccc3C)ccc1n2-c1cncc(-n2c3ccc(-c4ccccc4C)cc3c3cc(-c4ccccc4C)ccc32)c1-c1cccc(C#N)c1. The van der Waals surface area contributed by atoms with Gasteiger partial charge in [0.15, 0.2) is 0 Å². The fourth-order valence-electron chi connectivity index (χ4n) is 10.6. The van der Waals surface area contributed by atoms with Gasteiger partial charge in [-0.2, -0.15) is 5.26 Å². The molecule has 0 aliphatic heterocycles. The summed E-state index contributed by atoms with van der Waals surface area (Å²) in [5.41, 5.74) is 23.1. The maximum Gasteiger partial charge on any atom is 0.0991 e. The topological polar surface area (TPSA) is 46.5 Å². The molecule has 68 heavy (non-hydrogen) atoms. The number of aromatic nitrogens is 3. The standard InChI is InChI=1S/C64H46N4/c1-40-14-5-9-20-50(40)45-24-28-58-54(33-45)55-34-46(51-21-10-6-15-41(51)2)25-29-59(55)67(58)62-38-66-39-63(64(62)49-19-13-18-44(32-49)37-65)68-60-30-26-47(52-22-11-7-16-42(52)3)35-56(60)57-36-48(27-31-61(57)68)53-23-12-8-17-43(53)4/h5-36,38-39H,1-4H3. The van der Waals surface area contributed by atoms with Crippen molar-refractivity contribution >= 4 is 43.6 Å². The summed E-state index contributed by atoms with van der Waals surface area (Å²) in [6, 6.07) is 72.4. The number of fused-ring (bicyclic) bond motifs is 6. The molecule has 3 aromatic heterocycles. The van der Waals surface area contributed by atoms with E-state index in [1.807, 2.05) is 30.6 Å². The number of pyridine rings is 1. The van der Waals surface area contributed by atoms with Crippen LogP contribution in [0.25, 0.3) is 111 Å². The summed E-state index contributed by atoms with van der Waals surface area (Å²) in [5.74, 6) is 0. The van der Waals surface area contributed by atoms with Crippen molar-refractivity contribution in [3.05, 3.63) is 234 Å². The van der Waals surface area contributed by atoms with Crippen LogP contribution in [-0.4, -0.2) is 14.1 Å². The molecule has 0 bridgehead atoms. The Labute approximate surface area is 396 Å². The number of nitrogens with zero attached hydrogens (tertiary/aromatic N) is 4. The minimum atomic E-state index is 0.595. The van der Waals surface area contributed by atoms with Crippen molar-refractivity contribution in [2.75, 3.05) is 0 Å². The predicted octanol–water partition coefficient (Wildman–Crippen LogP) is 16.7. The Hall–Kier alpha value is -8.78. The van der Waals surface area contributed by atoms with Gasteiger partial charge in [-0.1, -0.05) is 133 Å². The largest absolute Gasteiger partial charge is 0.307 e. The summed E-state index contributed by atoms with van der Waals surface area (Å²) in [4.78, 5) is 5.15. The minimum absolute atomic E-state index is 0.595. The summed E-state index contributed by atoms with van der Waals surface area (Å²) >= 11 is 0. The number of hydrogen-bond donors (Lipinski definition) is 0. The van der Waals surface area contributed by atoms with Crippen LogP contribution >= 0.6 is 0 Å². The third-order valence-corrected chi connectivity index (χ3v) is 14.0. The van der Waals surface area contributed by atoms with Crippen molar-refractivity contribution in [2.24, 2.45) is 0 Å². The van der Waals surface area contributed by atoms with Crippen LogP contribution in [0.1, 0.15) is 27.8 Å². The molecule has 3 heterocycles. The van der Waals surface area contributed by atoms with Gasteiger partial charge < -0.3 is 9.13 Å². The Morgan fingerprint density at radius 1 is 0.353 bits per heavy atom. The summed E-state index contributed by atoms with van der Waals surface area (Å²) in [5, 5.41) is 15.0. The molecule has 0 aliphatic carbocycles. The summed E-state index contributed by atoms with van der Waals surface area (Å²) in [6.45, 7) is 8.72. The number of nitriles is 1. The smallest absolute Gasteiger partial charge is 0.0991 e. The molecule has 0 unspecified atom stereocenters. The molecule has 0 N–H and O–H groups in total. The van der Waals surface area contributed by atoms with Crippen LogP contribution in [0.3, 0.4) is 0 Å². The average Bonchev–Trinajstić information content (AvgIpc) is 3.87. The van der Waals surface area contributed by atoms with Crippen LogP contribution in [-0.2, 0) is 0 Å². The van der Waals surface area contributed by atoms with E-state index in [0.29, 0.717) is 5.56 Å². The Morgan fingerprint density at radius 3 is 1.01 bits per heavy atom. The Morgan fingerprint density at radius 2 is 0.691 bits per heavy atom. The van der Waals surface area contributed by atoms with Crippen LogP contribution in [0, 0.1) is 39.0 Å². The summed E-state index contributed by atoms with van der Waals surface area (Å²) < 4.78 is 4.78. The number of rotatable bonds is 7. The second kappa shape index (κ2) is 16.3. The van der Waals surface area contributed by atoms with Gasteiger partial charge in [0.2, 0.25) is 0 Å². The van der Waals surface area contributed by atoms with Gasteiger partial charge >= 0.3 is 0 Å². The molecule has 0 radical (unpaired) electrons. The highest BCUT2D eigenvalue weighted by Gasteiger charge is 2.24. The molecule has 12 aromatic rings. The highest BCUT2D eigenvalue weighted by atomic mass is 15.0. The molecule has 4 nitrogen and oxygen atoms in total. The van der Waals surface area contributed by atoms with Crippen molar-refractivity contribution in [2.45, 2.75) is 27.7 Å². The lowest BCUT2D eigenvalue weighted by molar-refractivity contribution is 1.09. The van der Waals surface area contributed by atoms with Gasteiger partial charge in [-0.05, 0) is 161 Å². The van der Waals surface area contributed by atoms with Gasteiger partial charge in [-0.25, -0.2) is 0 Å². The highest BCUT2D eigenvalue weighted by molar-refractivity contribution is 6.14. The minimum Gasteiger partial charge on any atom is -0.307 e. The van der Waals surface area contributed by atoms with E-state index < -0.39 is 0 Å². The molecular weight excluding hydrogens is 825 g/mol. The quantitative estimate of drug-likeness (QED) is 0.160. The van der Waals surface area contributed by atoms with Crippen LogP contribution in [0.4, 0.5) is 0 Å². The Kier molecular flexibility index (Phi) is 9.74. The number of aryl methyl sites for hydroxylation is 4. The van der Waals surface area contributed by atoms with Crippen LogP contribution in [0.5, 0.6) is 0 Å². The maximum absolute atomic E-state index is 10.4. The lowest BCUT2D eigenvalue weighted by Gasteiger charge is -2.20. The zero-order valence-electron chi connectivity index (χ0n) is 38.4. The third-order valence-electron chi connectivity index (χ3n) is 14.0. The number of benzene rings is 9. The number of hydrogen-bond acceptors (Lipinski definition) is 2. The zero-order valence-corrected chi connectivity index (χ0v) is 38.4. The third kappa shape index (κ3) is 6.63. The molecule has 12 rings (SSSR count). The molecule has 0 saturated carbocycles. The van der Waals surface area contributed by atoms with Crippen LogP contribution in [0.2, 0.25) is 0 Å². The Bertz CT molecular complexity index is 3610. The van der Waals surface area contributed by atoms with Gasteiger partial charge in [0.05, 0.1) is 57.5 Å². The predicted molar refractivity (Wildman–Crippen MR) is 284 cm³/mol. The van der Waals surface area contributed by atoms with E-state index >= 15 is 0 Å².